The second-order valence-corrected chi connectivity index (χ2v) is 10.2. The lowest BCUT2D eigenvalue weighted by atomic mass is 10.0. The summed E-state index contributed by atoms with van der Waals surface area (Å²) in [6.45, 7) is 6.39. The summed E-state index contributed by atoms with van der Waals surface area (Å²) < 4.78 is 0. The summed E-state index contributed by atoms with van der Waals surface area (Å²) in [5, 5.41) is 17.0. The lowest BCUT2D eigenvalue weighted by molar-refractivity contribution is 0.229. The predicted molar refractivity (Wildman–Crippen MR) is 132 cm³/mol. The molecule has 5 rings (SSSR count). The molecule has 1 aromatic heterocycles. The van der Waals surface area contributed by atoms with Crippen molar-refractivity contribution in [2.45, 2.75) is 44.3 Å². The molecule has 3 aliphatic rings. The molecule has 2 atom stereocenters. The minimum atomic E-state index is -0.146. The molecule has 0 bridgehead atoms. The first-order chi connectivity index (χ1) is 16.3. The van der Waals surface area contributed by atoms with Gasteiger partial charge in [0.15, 0.2) is 0 Å². The van der Waals surface area contributed by atoms with Gasteiger partial charge in [-0.15, -0.1) is 0 Å². The number of nitrogens with zero attached hydrogens (tertiary/aromatic N) is 6. The van der Waals surface area contributed by atoms with Crippen molar-refractivity contribution in [3.05, 3.63) is 41.0 Å². The van der Waals surface area contributed by atoms with Crippen LogP contribution in [0.4, 0.5) is 22.2 Å². The van der Waals surface area contributed by atoms with Crippen molar-refractivity contribution < 1.29 is 4.79 Å². The second kappa shape index (κ2) is 8.60. The Kier molecular flexibility index (Phi) is 5.74. The molecular formula is C24H29ClN8O. The maximum atomic E-state index is 12.8. The lowest BCUT2D eigenvalue weighted by Gasteiger charge is -2.27. The fraction of sp³-hybridized carbons (Fsp3) is 0.500. The summed E-state index contributed by atoms with van der Waals surface area (Å²) >= 11 is 6.21. The maximum absolute atomic E-state index is 12.8. The van der Waals surface area contributed by atoms with Crippen LogP contribution in [-0.4, -0.2) is 65.3 Å². The number of carbonyl (C=O) groups is 1. The van der Waals surface area contributed by atoms with Crippen molar-refractivity contribution in [2.75, 3.05) is 41.9 Å². The number of hydrogen-bond donors (Lipinski definition) is 2. The number of hydrogen-bond acceptors (Lipinski definition) is 7. The van der Waals surface area contributed by atoms with E-state index in [4.69, 9.17) is 16.6 Å². The number of urea groups is 1. The number of benzene rings is 1. The summed E-state index contributed by atoms with van der Waals surface area (Å²) in [6, 6.07) is 9.64. The van der Waals surface area contributed by atoms with E-state index in [2.05, 4.69) is 40.4 Å². The number of likely N-dealkylation sites (N-methyl/N-ethyl adjacent to an activating group) is 1. The van der Waals surface area contributed by atoms with Gasteiger partial charge in [0.05, 0.1) is 29.9 Å². The van der Waals surface area contributed by atoms with Crippen molar-refractivity contribution in [1.82, 2.24) is 20.2 Å². The molecule has 2 aliphatic heterocycles. The van der Waals surface area contributed by atoms with Crippen molar-refractivity contribution >= 4 is 35.1 Å². The van der Waals surface area contributed by atoms with Crippen LogP contribution in [-0.2, 0) is 0 Å². The molecule has 2 saturated heterocycles. The molecular weight excluding hydrogens is 452 g/mol. The van der Waals surface area contributed by atoms with Crippen LogP contribution in [0.5, 0.6) is 0 Å². The van der Waals surface area contributed by atoms with Gasteiger partial charge in [0.1, 0.15) is 5.82 Å². The molecule has 0 radical (unpaired) electrons. The van der Waals surface area contributed by atoms with Crippen LogP contribution in [0.15, 0.2) is 30.5 Å². The van der Waals surface area contributed by atoms with E-state index in [9.17, 15) is 10.1 Å². The van der Waals surface area contributed by atoms with E-state index in [1.54, 1.807) is 28.1 Å². The molecule has 1 aliphatic carbocycles. The summed E-state index contributed by atoms with van der Waals surface area (Å²) in [6.07, 6.45) is 3.73. The van der Waals surface area contributed by atoms with Crippen molar-refractivity contribution in [1.29, 1.82) is 5.26 Å². The Morgan fingerprint density at radius 3 is 2.79 bits per heavy atom. The molecule has 0 spiro atoms. The van der Waals surface area contributed by atoms with Crippen LogP contribution < -0.4 is 20.4 Å². The quantitative estimate of drug-likeness (QED) is 0.654. The predicted octanol–water partition coefficient (Wildman–Crippen LogP) is 3.28. The second-order valence-electron chi connectivity index (χ2n) is 9.81. The van der Waals surface area contributed by atoms with Crippen LogP contribution >= 0.6 is 11.6 Å². The van der Waals surface area contributed by atoms with Gasteiger partial charge < -0.3 is 15.1 Å². The average molecular weight is 481 g/mol. The van der Waals surface area contributed by atoms with E-state index in [-0.39, 0.29) is 23.7 Å². The first-order valence-corrected chi connectivity index (χ1v) is 12.0. The van der Waals surface area contributed by atoms with E-state index in [0.717, 1.165) is 25.1 Å². The molecule has 2 N–H and O–H groups in total. The summed E-state index contributed by atoms with van der Waals surface area (Å²) in [5.74, 6) is 1.48. The van der Waals surface area contributed by atoms with Crippen molar-refractivity contribution in [2.24, 2.45) is 5.92 Å². The minimum Gasteiger partial charge on any atom is -0.357 e. The van der Waals surface area contributed by atoms with Gasteiger partial charge in [-0.25, -0.2) is 9.78 Å². The Labute approximate surface area is 204 Å². The molecule has 2 aromatic rings. The third-order valence-corrected chi connectivity index (χ3v) is 7.33. The molecule has 1 aromatic carbocycles. The monoisotopic (exact) mass is 480 g/mol. The zero-order chi connectivity index (χ0) is 24.0. The van der Waals surface area contributed by atoms with Crippen molar-refractivity contribution in [3.63, 3.8) is 0 Å². The van der Waals surface area contributed by atoms with Crippen molar-refractivity contribution in [3.8, 4) is 6.07 Å². The van der Waals surface area contributed by atoms with Crippen LogP contribution in [0.3, 0.4) is 0 Å². The zero-order valence-corrected chi connectivity index (χ0v) is 20.4. The molecule has 1 saturated carbocycles. The number of carbonyl (C=O) groups excluding carboxylic acids is 1. The van der Waals surface area contributed by atoms with Gasteiger partial charge >= 0.3 is 6.03 Å². The fourth-order valence-corrected chi connectivity index (χ4v) is 5.19. The van der Waals surface area contributed by atoms with Gasteiger partial charge in [-0.3, -0.25) is 10.2 Å². The summed E-state index contributed by atoms with van der Waals surface area (Å²) in [5.41, 5.74) is 1.34. The Morgan fingerprint density at radius 2 is 2.09 bits per heavy atom. The first-order valence-electron chi connectivity index (χ1n) is 11.6. The summed E-state index contributed by atoms with van der Waals surface area (Å²) in [7, 11) is 1.83. The Bertz CT molecular complexity index is 1140. The topological polar surface area (TPSA) is 100 Å². The number of rotatable bonds is 6. The molecule has 9 nitrogen and oxygen atoms in total. The number of halogens is 1. The highest BCUT2D eigenvalue weighted by Gasteiger charge is 2.52. The Morgan fingerprint density at radius 1 is 1.29 bits per heavy atom. The smallest absolute Gasteiger partial charge is 0.325 e. The van der Waals surface area contributed by atoms with Gasteiger partial charge in [-0.05, 0) is 43.0 Å². The maximum Gasteiger partial charge on any atom is 0.325 e. The standard InChI is InChI=1S/C24H29ClN8O/c1-15(2)19-12-31(3)23(34)33(19)21-4-7-27-22(29-21)30-24(5-6-24)20-13-32(14-28-20)18-9-16(11-26)8-17(25)10-18/h4,7-10,15,19-20,28H,5-6,12-14H2,1-3H3,(H,27,29,30)/t19-,20+/m1/s1. The highest BCUT2D eigenvalue weighted by Crippen LogP contribution is 2.43. The number of aromatic nitrogens is 2. The molecule has 34 heavy (non-hydrogen) atoms. The van der Waals surface area contributed by atoms with Gasteiger partial charge in [0, 0.05) is 43.1 Å². The van der Waals surface area contributed by atoms with Gasteiger partial charge in [-0.2, -0.15) is 10.2 Å². The minimum absolute atomic E-state index is 0.0316. The molecule has 3 heterocycles. The van der Waals surface area contributed by atoms with Crippen LogP contribution in [0.1, 0.15) is 32.3 Å². The summed E-state index contributed by atoms with van der Waals surface area (Å²) in [4.78, 5) is 27.7. The van der Waals surface area contributed by atoms with E-state index < -0.39 is 0 Å². The first kappa shape index (κ1) is 22.7. The SMILES string of the molecule is CC(C)[C@H]1CN(C)C(=O)N1c1ccnc(NC2([C@@H]3CN(c4cc(Cl)cc(C#N)c4)CN3)CC2)n1. The Balaban J connectivity index is 1.32. The highest BCUT2D eigenvalue weighted by molar-refractivity contribution is 6.31. The number of anilines is 3. The normalized spacial score (nSPS) is 23.5. The fourth-order valence-electron chi connectivity index (χ4n) is 4.96. The van der Waals surface area contributed by atoms with Crippen LogP contribution in [0.25, 0.3) is 0 Å². The van der Waals surface area contributed by atoms with Crippen LogP contribution in [0, 0.1) is 17.2 Å². The molecule has 3 fully saturated rings. The van der Waals surface area contributed by atoms with E-state index in [0.29, 0.717) is 41.5 Å². The van der Waals surface area contributed by atoms with E-state index >= 15 is 0 Å². The van der Waals surface area contributed by atoms with Crippen LogP contribution in [0.2, 0.25) is 5.02 Å². The zero-order valence-electron chi connectivity index (χ0n) is 19.6. The van der Waals surface area contributed by atoms with E-state index in [1.165, 1.54) is 0 Å². The van der Waals surface area contributed by atoms with Gasteiger partial charge in [0.25, 0.3) is 0 Å². The average Bonchev–Trinajstić information content (AvgIpc) is 3.28. The number of nitrogens with one attached hydrogen (secondary N) is 2. The molecule has 0 unspecified atom stereocenters. The number of nitriles is 1. The number of amides is 2. The lowest BCUT2D eigenvalue weighted by Crippen LogP contribution is -2.45. The molecule has 2 amide bonds. The van der Waals surface area contributed by atoms with Gasteiger partial charge in [-0.1, -0.05) is 25.4 Å². The highest BCUT2D eigenvalue weighted by atomic mass is 35.5. The largest absolute Gasteiger partial charge is 0.357 e. The molecule has 178 valence electrons. The molecule has 10 heteroatoms. The third kappa shape index (κ3) is 4.12. The third-order valence-electron chi connectivity index (χ3n) is 7.11. The van der Waals surface area contributed by atoms with Gasteiger partial charge in [0.2, 0.25) is 5.95 Å². The Hall–Kier alpha value is -3.09. The van der Waals surface area contributed by atoms with E-state index in [1.807, 2.05) is 19.2 Å².